The molecule has 0 bridgehead atoms. The van der Waals surface area contributed by atoms with Crippen LogP contribution in [0.3, 0.4) is 0 Å². The Kier molecular flexibility index (Phi) is 3.61. The van der Waals surface area contributed by atoms with Gasteiger partial charge in [0.1, 0.15) is 0 Å². The molecule has 3 aromatic rings. The number of hydrogen-bond acceptors (Lipinski definition) is 1. The summed E-state index contributed by atoms with van der Waals surface area (Å²) in [6.07, 6.45) is 0.832. The lowest BCUT2D eigenvalue weighted by molar-refractivity contribution is 0.795. The molecule has 0 fully saturated rings. The van der Waals surface area contributed by atoms with Crippen molar-refractivity contribution in [2.24, 2.45) is 7.05 Å². The van der Waals surface area contributed by atoms with Gasteiger partial charge in [0.25, 0.3) is 5.56 Å². The van der Waals surface area contributed by atoms with Crippen LogP contribution in [0, 0.1) is 13.8 Å². The fourth-order valence-electron chi connectivity index (χ4n) is 3.15. The summed E-state index contributed by atoms with van der Waals surface area (Å²) in [6, 6.07) is 14.5. The highest BCUT2D eigenvalue weighted by Gasteiger charge is 2.15. The van der Waals surface area contributed by atoms with E-state index in [0.717, 1.165) is 22.9 Å². The molecular formula is C20H21NO. The standard InChI is InChI=1S/C20H21NO/c1-5-18-19(15-11-10-13(2)14(3)12-15)16-8-6-7-9-17(16)20(22)21(18)4/h6-12H,5H2,1-4H3. The lowest BCUT2D eigenvalue weighted by Crippen LogP contribution is -2.21. The average molecular weight is 291 g/mol. The molecule has 0 saturated carbocycles. The molecule has 1 heterocycles. The van der Waals surface area contributed by atoms with E-state index < -0.39 is 0 Å². The lowest BCUT2D eigenvalue weighted by atomic mass is 9.93. The molecule has 0 atom stereocenters. The Labute approximate surface area is 131 Å². The summed E-state index contributed by atoms with van der Waals surface area (Å²) in [4.78, 5) is 12.6. The second-order valence-electron chi connectivity index (χ2n) is 5.88. The van der Waals surface area contributed by atoms with Crippen LogP contribution >= 0.6 is 0 Å². The van der Waals surface area contributed by atoms with Crippen LogP contribution in [0.4, 0.5) is 0 Å². The number of aryl methyl sites for hydroxylation is 2. The van der Waals surface area contributed by atoms with Gasteiger partial charge in [-0.3, -0.25) is 4.79 Å². The first-order valence-electron chi connectivity index (χ1n) is 7.72. The van der Waals surface area contributed by atoms with Crippen LogP contribution in [0.15, 0.2) is 47.3 Å². The zero-order valence-corrected chi connectivity index (χ0v) is 13.6. The van der Waals surface area contributed by atoms with Gasteiger partial charge in [-0.05, 0) is 48.4 Å². The third-order valence-corrected chi connectivity index (χ3v) is 4.56. The maximum Gasteiger partial charge on any atom is 0.258 e. The molecule has 2 aromatic carbocycles. The van der Waals surface area contributed by atoms with Crippen LogP contribution in [0.5, 0.6) is 0 Å². The minimum atomic E-state index is 0.0834. The van der Waals surface area contributed by atoms with Crippen molar-refractivity contribution in [2.75, 3.05) is 0 Å². The van der Waals surface area contributed by atoms with Crippen molar-refractivity contribution in [3.8, 4) is 11.1 Å². The molecule has 1 aromatic heterocycles. The van der Waals surface area contributed by atoms with Gasteiger partial charge in [0.15, 0.2) is 0 Å². The van der Waals surface area contributed by atoms with Crippen LogP contribution in [0.1, 0.15) is 23.7 Å². The Morgan fingerprint density at radius 1 is 0.955 bits per heavy atom. The van der Waals surface area contributed by atoms with Crippen molar-refractivity contribution in [2.45, 2.75) is 27.2 Å². The fraction of sp³-hybridized carbons (Fsp3) is 0.250. The topological polar surface area (TPSA) is 22.0 Å². The first kappa shape index (κ1) is 14.6. The van der Waals surface area contributed by atoms with Crippen LogP contribution < -0.4 is 5.56 Å². The summed E-state index contributed by atoms with van der Waals surface area (Å²) in [5.41, 5.74) is 6.11. The second-order valence-corrected chi connectivity index (χ2v) is 5.88. The number of aromatic nitrogens is 1. The highest BCUT2D eigenvalue weighted by Crippen LogP contribution is 2.31. The molecule has 0 amide bonds. The predicted octanol–water partition coefficient (Wildman–Crippen LogP) is 4.38. The van der Waals surface area contributed by atoms with Crippen LogP contribution in [0.25, 0.3) is 21.9 Å². The van der Waals surface area contributed by atoms with Crippen molar-refractivity contribution in [1.82, 2.24) is 4.57 Å². The molecule has 0 N–H and O–H groups in total. The lowest BCUT2D eigenvalue weighted by Gasteiger charge is -2.17. The monoisotopic (exact) mass is 291 g/mol. The van der Waals surface area contributed by atoms with Crippen molar-refractivity contribution in [3.05, 3.63) is 69.6 Å². The normalized spacial score (nSPS) is 11.1. The van der Waals surface area contributed by atoms with Gasteiger partial charge in [-0.15, -0.1) is 0 Å². The largest absolute Gasteiger partial charge is 0.315 e. The second kappa shape index (κ2) is 5.45. The van der Waals surface area contributed by atoms with Crippen LogP contribution in [-0.2, 0) is 13.5 Å². The maximum atomic E-state index is 12.6. The SMILES string of the molecule is CCc1c(-c2ccc(C)c(C)c2)c2ccccc2c(=O)n1C. The third kappa shape index (κ3) is 2.16. The summed E-state index contributed by atoms with van der Waals surface area (Å²) >= 11 is 0. The Hall–Kier alpha value is -2.35. The van der Waals surface area contributed by atoms with E-state index in [2.05, 4.69) is 45.0 Å². The van der Waals surface area contributed by atoms with E-state index in [1.807, 2.05) is 25.2 Å². The Morgan fingerprint density at radius 2 is 1.64 bits per heavy atom. The molecule has 0 radical (unpaired) electrons. The third-order valence-electron chi connectivity index (χ3n) is 4.56. The van der Waals surface area contributed by atoms with Gasteiger partial charge in [0.2, 0.25) is 0 Å². The number of benzene rings is 2. The Morgan fingerprint density at radius 3 is 2.27 bits per heavy atom. The van der Waals surface area contributed by atoms with Gasteiger partial charge in [-0.1, -0.05) is 43.3 Å². The molecule has 0 aliphatic heterocycles. The molecule has 0 saturated heterocycles. The van der Waals surface area contributed by atoms with Crippen LogP contribution in [0.2, 0.25) is 0 Å². The van der Waals surface area contributed by atoms with E-state index in [-0.39, 0.29) is 5.56 Å². The summed E-state index contributed by atoms with van der Waals surface area (Å²) in [6.45, 7) is 6.36. The summed E-state index contributed by atoms with van der Waals surface area (Å²) in [5, 5.41) is 1.83. The Bertz CT molecular complexity index is 919. The van der Waals surface area contributed by atoms with E-state index in [1.165, 1.54) is 22.3 Å². The van der Waals surface area contributed by atoms with E-state index in [9.17, 15) is 4.79 Å². The van der Waals surface area contributed by atoms with Crippen molar-refractivity contribution in [3.63, 3.8) is 0 Å². The maximum absolute atomic E-state index is 12.6. The quantitative estimate of drug-likeness (QED) is 0.686. The van der Waals surface area contributed by atoms with Gasteiger partial charge in [0.05, 0.1) is 0 Å². The summed E-state index contributed by atoms with van der Waals surface area (Å²) < 4.78 is 1.80. The zero-order valence-electron chi connectivity index (χ0n) is 13.6. The van der Waals surface area contributed by atoms with Gasteiger partial charge in [-0.2, -0.15) is 0 Å². The highest BCUT2D eigenvalue weighted by molar-refractivity contribution is 5.97. The van der Waals surface area contributed by atoms with Crippen molar-refractivity contribution >= 4 is 10.8 Å². The van der Waals surface area contributed by atoms with E-state index in [1.54, 1.807) is 4.57 Å². The predicted molar refractivity (Wildman–Crippen MR) is 93.5 cm³/mol. The van der Waals surface area contributed by atoms with Crippen molar-refractivity contribution in [1.29, 1.82) is 0 Å². The number of rotatable bonds is 2. The Balaban J connectivity index is 2.48. The fourth-order valence-corrected chi connectivity index (χ4v) is 3.15. The average Bonchev–Trinajstić information content (AvgIpc) is 2.53. The van der Waals surface area contributed by atoms with Gasteiger partial charge in [-0.25, -0.2) is 0 Å². The smallest absolute Gasteiger partial charge is 0.258 e. The minimum absolute atomic E-state index is 0.0834. The highest BCUT2D eigenvalue weighted by atomic mass is 16.1. The number of pyridine rings is 1. The minimum Gasteiger partial charge on any atom is -0.315 e. The summed E-state index contributed by atoms with van der Waals surface area (Å²) in [5.74, 6) is 0. The number of hydrogen-bond donors (Lipinski definition) is 0. The first-order chi connectivity index (χ1) is 10.5. The molecule has 0 spiro atoms. The molecule has 0 unspecified atom stereocenters. The van der Waals surface area contributed by atoms with Gasteiger partial charge in [0, 0.05) is 23.7 Å². The van der Waals surface area contributed by atoms with E-state index in [0.29, 0.717) is 0 Å². The summed E-state index contributed by atoms with van der Waals surface area (Å²) in [7, 11) is 1.87. The molecule has 2 heteroatoms. The molecular weight excluding hydrogens is 270 g/mol. The van der Waals surface area contributed by atoms with E-state index in [4.69, 9.17) is 0 Å². The van der Waals surface area contributed by atoms with Gasteiger partial charge < -0.3 is 4.57 Å². The molecule has 2 nitrogen and oxygen atoms in total. The zero-order chi connectivity index (χ0) is 15.9. The molecule has 112 valence electrons. The molecule has 0 aliphatic carbocycles. The molecule has 3 rings (SSSR count). The van der Waals surface area contributed by atoms with Gasteiger partial charge >= 0.3 is 0 Å². The van der Waals surface area contributed by atoms with Crippen LogP contribution in [-0.4, -0.2) is 4.57 Å². The molecule has 0 aliphatic rings. The number of nitrogens with zero attached hydrogens (tertiary/aromatic N) is 1. The van der Waals surface area contributed by atoms with E-state index >= 15 is 0 Å². The number of fused-ring (bicyclic) bond motifs is 1. The first-order valence-corrected chi connectivity index (χ1v) is 7.72. The van der Waals surface area contributed by atoms with Crippen molar-refractivity contribution < 1.29 is 0 Å². The molecule has 22 heavy (non-hydrogen) atoms.